The van der Waals surface area contributed by atoms with Gasteiger partial charge in [-0.3, -0.25) is 0 Å². The van der Waals surface area contributed by atoms with Crippen molar-refractivity contribution in [3.63, 3.8) is 0 Å². The van der Waals surface area contributed by atoms with Gasteiger partial charge >= 0.3 is 0 Å². The van der Waals surface area contributed by atoms with Gasteiger partial charge in [-0.1, -0.05) is 89.5 Å². The van der Waals surface area contributed by atoms with Crippen LogP contribution in [0.25, 0.3) is 21.5 Å². The average molecular weight is 319 g/mol. The van der Waals surface area contributed by atoms with E-state index >= 15 is 0 Å². The maximum absolute atomic E-state index is 5.86. The van der Waals surface area contributed by atoms with Crippen molar-refractivity contribution in [3.8, 4) is 0 Å². The van der Waals surface area contributed by atoms with Gasteiger partial charge in [0, 0.05) is 5.02 Å². The lowest BCUT2D eigenvalue weighted by atomic mass is 10.1. The molecule has 0 atom stereocenters. The zero-order chi connectivity index (χ0) is 16.2. The van der Waals surface area contributed by atoms with Crippen molar-refractivity contribution in [2.75, 3.05) is 0 Å². The largest absolute Gasteiger partial charge is 0.0843 e. The molecule has 0 saturated heterocycles. The Kier molecular flexibility index (Phi) is 4.64. The molecule has 0 radical (unpaired) electrons. The molecule has 4 aromatic carbocycles. The van der Waals surface area contributed by atoms with E-state index in [-0.39, 0.29) is 0 Å². The minimum absolute atomic E-state index is 0.798. The Labute approximate surface area is 142 Å². The minimum Gasteiger partial charge on any atom is -0.0843 e. The molecule has 114 valence electrons. The van der Waals surface area contributed by atoms with E-state index in [9.17, 15) is 0 Å². The summed E-state index contributed by atoms with van der Waals surface area (Å²) in [5.41, 5.74) is 2.61. The molecule has 0 aliphatic heterocycles. The third-order valence-corrected chi connectivity index (χ3v) is 4.10. The maximum Gasteiger partial charge on any atom is 0.0412 e. The molecule has 4 aromatic rings. The molecule has 4 rings (SSSR count). The third-order valence-electron chi connectivity index (χ3n) is 3.86. The van der Waals surface area contributed by atoms with Crippen LogP contribution in [0.5, 0.6) is 0 Å². The number of hydrogen-bond donors (Lipinski definition) is 0. The van der Waals surface area contributed by atoms with Crippen LogP contribution in [0.1, 0.15) is 11.1 Å². The van der Waals surface area contributed by atoms with Crippen LogP contribution in [0, 0.1) is 13.8 Å². The molecule has 0 aliphatic rings. The molecule has 1 heteroatoms. The normalized spacial score (nSPS) is 10.4. The topological polar surface area (TPSA) is 0 Å². The summed E-state index contributed by atoms with van der Waals surface area (Å²) < 4.78 is 0. The van der Waals surface area contributed by atoms with Crippen LogP contribution >= 0.6 is 11.6 Å². The molecule has 0 aromatic heterocycles. The number of halogens is 1. The van der Waals surface area contributed by atoms with Crippen molar-refractivity contribution >= 4 is 33.1 Å². The van der Waals surface area contributed by atoms with Gasteiger partial charge in [0.05, 0.1) is 0 Å². The van der Waals surface area contributed by atoms with E-state index in [0.717, 1.165) is 5.02 Å². The lowest BCUT2D eigenvalue weighted by Crippen LogP contribution is -1.74. The molecule has 0 N–H and O–H groups in total. The van der Waals surface area contributed by atoms with Crippen molar-refractivity contribution in [3.05, 3.63) is 95.0 Å². The van der Waals surface area contributed by atoms with E-state index in [2.05, 4.69) is 74.5 Å². The van der Waals surface area contributed by atoms with E-state index in [1.54, 1.807) is 0 Å². The molecule has 23 heavy (non-hydrogen) atoms. The van der Waals surface area contributed by atoms with Gasteiger partial charge in [-0.15, -0.1) is 0 Å². The highest BCUT2D eigenvalue weighted by atomic mass is 35.5. The summed E-state index contributed by atoms with van der Waals surface area (Å²) in [6.45, 7) is 4.21. The van der Waals surface area contributed by atoms with E-state index in [4.69, 9.17) is 11.6 Å². The van der Waals surface area contributed by atoms with Crippen LogP contribution in [0.15, 0.2) is 78.9 Å². The monoisotopic (exact) mass is 318 g/mol. The summed E-state index contributed by atoms with van der Waals surface area (Å²) in [6.07, 6.45) is 0. The van der Waals surface area contributed by atoms with Gasteiger partial charge in [0.1, 0.15) is 0 Å². The van der Waals surface area contributed by atoms with Crippen LogP contribution in [-0.4, -0.2) is 0 Å². The molecule has 0 heterocycles. The Morgan fingerprint density at radius 3 is 1.70 bits per heavy atom. The maximum atomic E-state index is 5.86. The van der Waals surface area contributed by atoms with Gasteiger partial charge < -0.3 is 0 Å². The molecule has 0 aliphatic carbocycles. The molecule has 0 amide bonds. The lowest BCUT2D eigenvalue weighted by molar-refractivity contribution is 1.51. The van der Waals surface area contributed by atoms with Crippen LogP contribution in [-0.2, 0) is 0 Å². The molecule has 0 unspecified atom stereocenters. The SMILES string of the molecule is Cc1ccc2cc(Cl)ccc2c1.Cc1ccc2ccccc2c1. The molecule has 0 nitrogen and oxygen atoms in total. The van der Waals surface area contributed by atoms with E-state index < -0.39 is 0 Å². The summed E-state index contributed by atoms with van der Waals surface area (Å²) in [5.74, 6) is 0. The minimum atomic E-state index is 0.798. The highest BCUT2D eigenvalue weighted by Crippen LogP contribution is 2.20. The zero-order valence-corrected chi connectivity index (χ0v) is 14.1. The van der Waals surface area contributed by atoms with Gasteiger partial charge in [0.25, 0.3) is 0 Å². The van der Waals surface area contributed by atoms with Gasteiger partial charge in [-0.2, -0.15) is 0 Å². The Balaban J connectivity index is 0.000000136. The van der Waals surface area contributed by atoms with Gasteiger partial charge in [0.15, 0.2) is 0 Å². The Bertz CT molecular complexity index is 913. The van der Waals surface area contributed by atoms with Crippen molar-refractivity contribution < 1.29 is 0 Å². The quantitative estimate of drug-likeness (QED) is 0.329. The van der Waals surface area contributed by atoms with Crippen LogP contribution in [0.4, 0.5) is 0 Å². The van der Waals surface area contributed by atoms with Crippen molar-refractivity contribution in [2.24, 2.45) is 0 Å². The summed E-state index contributed by atoms with van der Waals surface area (Å²) in [4.78, 5) is 0. The molecule has 0 saturated carbocycles. The first-order valence-corrected chi connectivity index (χ1v) is 8.11. The summed E-state index contributed by atoms with van der Waals surface area (Å²) in [6, 6.07) is 27.2. The second kappa shape index (κ2) is 6.85. The van der Waals surface area contributed by atoms with Gasteiger partial charge in [0.2, 0.25) is 0 Å². The molecule has 0 fully saturated rings. The molecular weight excluding hydrogens is 300 g/mol. The van der Waals surface area contributed by atoms with E-state index in [0.29, 0.717) is 0 Å². The zero-order valence-electron chi connectivity index (χ0n) is 13.4. The molecular formula is C22H19Cl. The number of rotatable bonds is 0. The first-order valence-electron chi connectivity index (χ1n) is 7.73. The Hall–Kier alpha value is -2.31. The Morgan fingerprint density at radius 1 is 0.522 bits per heavy atom. The fourth-order valence-corrected chi connectivity index (χ4v) is 2.83. The average Bonchev–Trinajstić information content (AvgIpc) is 2.55. The standard InChI is InChI=1S/C11H9Cl.C11H10/c1-8-2-3-10-7-11(12)5-4-9(10)6-8;1-9-6-7-10-4-2-3-5-11(10)8-9/h2-7H,1H3;2-8H,1H3. The van der Waals surface area contributed by atoms with Crippen LogP contribution in [0.3, 0.4) is 0 Å². The van der Waals surface area contributed by atoms with Gasteiger partial charge in [-0.25, -0.2) is 0 Å². The van der Waals surface area contributed by atoms with Crippen LogP contribution in [0.2, 0.25) is 5.02 Å². The first kappa shape index (κ1) is 15.6. The lowest BCUT2D eigenvalue weighted by Gasteiger charge is -1.98. The highest BCUT2D eigenvalue weighted by Gasteiger charge is 1.93. The second-order valence-electron chi connectivity index (χ2n) is 5.85. The summed E-state index contributed by atoms with van der Waals surface area (Å²) in [5, 5.41) is 5.89. The van der Waals surface area contributed by atoms with Crippen LogP contribution < -0.4 is 0 Å². The van der Waals surface area contributed by atoms with E-state index in [1.165, 1.54) is 32.7 Å². The third kappa shape index (κ3) is 3.91. The fraction of sp³-hybridized carbons (Fsp3) is 0.0909. The van der Waals surface area contributed by atoms with E-state index in [1.807, 2.05) is 18.2 Å². The fourth-order valence-electron chi connectivity index (χ4n) is 2.64. The number of fused-ring (bicyclic) bond motifs is 2. The van der Waals surface area contributed by atoms with Crippen molar-refractivity contribution in [1.29, 1.82) is 0 Å². The predicted molar refractivity (Wildman–Crippen MR) is 102 cm³/mol. The first-order chi connectivity index (χ1) is 11.1. The summed E-state index contributed by atoms with van der Waals surface area (Å²) >= 11 is 5.86. The van der Waals surface area contributed by atoms with Crippen molar-refractivity contribution in [2.45, 2.75) is 13.8 Å². The van der Waals surface area contributed by atoms with Gasteiger partial charge in [-0.05, 0) is 47.5 Å². The summed E-state index contributed by atoms with van der Waals surface area (Å²) in [7, 11) is 0. The highest BCUT2D eigenvalue weighted by molar-refractivity contribution is 6.31. The number of hydrogen-bond acceptors (Lipinski definition) is 0. The predicted octanol–water partition coefficient (Wildman–Crippen LogP) is 6.95. The molecule has 0 bridgehead atoms. The van der Waals surface area contributed by atoms with Crippen molar-refractivity contribution in [1.82, 2.24) is 0 Å². The second-order valence-corrected chi connectivity index (χ2v) is 6.28. The smallest absolute Gasteiger partial charge is 0.0412 e. The Morgan fingerprint density at radius 2 is 1.00 bits per heavy atom. The number of benzene rings is 4. The molecule has 0 spiro atoms. The number of aryl methyl sites for hydroxylation is 2.